The number of benzene rings is 10. The number of aryl methyl sites for hydroxylation is 4. The maximum Gasteiger partial charge on any atom is 0.0210 e. The summed E-state index contributed by atoms with van der Waals surface area (Å²) in [5.41, 5.74) is 28.3. The zero-order chi connectivity index (χ0) is 50.6. The van der Waals surface area contributed by atoms with Gasteiger partial charge in [-0.25, -0.2) is 0 Å². The first-order valence-electron chi connectivity index (χ1n) is 27.2. The predicted molar refractivity (Wildman–Crippen MR) is 317 cm³/mol. The van der Waals surface area contributed by atoms with Crippen LogP contribution in [-0.4, -0.2) is 0 Å². The smallest absolute Gasteiger partial charge is 0.0210 e. The van der Waals surface area contributed by atoms with Crippen LogP contribution in [0.2, 0.25) is 0 Å². The van der Waals surface area contributed by atoms with Gasteiger partial charge in [0.1, 0.15) is 0 Å². The van der Waals surface area contributed by atoms with Crippen molar-refractivity contribution in [1.29, 1.82) is 0 Å². The molecule has 0 heteroatoms. The molecule has 0 fully saturated rings. The Morgan fingerprint density at radius 1 is 0.342 bits per heavy atom. The second kappa shape index (κ2) is 19.3. The number of rotatable bonds is 12. The van der Waals surface area contributed by atoms with E-state index in [4.69, 9.17) is 0 Å². The minimum absolute atomic E-state index is 0.00488. The Morgan fingerprint density at radius 3 is 1.25 bits per heavy atom. The van der Waals surface area contributed by atoms with Gasteiger partial charge in [-0.05, 0) is 195 Å². The molecular weight excluding hydrogens is 877 g/mol. The summed E-state index contributed by atoms with van der Waals surface area (Å²) in [5.74, 6) is 0. The molecule has 0 unspecified atom stereocenters. The van der Waals surface area contributed by atoms with Crippen LogP contribution in [0.4, 0.5) is 0 Å². The summed E-state index contributed by atoms with van der Waals surface area (Å²) in [6, 6.07) is 72.2. The number of fused-ring (bicyclic) bond motifs is 5. The van der Waals surface area contributed by atoms with Crippen molar-refractivity contribution in [2.24, 2.45) is 0 Å². The molecular formula is C73H70. The fourth-order valence-electron chi connectivity index (χ4n) is 13.1. The molecule has 0 amide bonds. The average Bonchev–Trinajstić information content (AvgIpc) is 3.69. The molecule has 73 heavy (non-hydrogen) atoms. The normalized spacial score (nSPS) is 12.9. The van der Waals surface area contributed by atoms with Crippen LogP contribution in [-0.2, 0) is 23.7 Å². The van der Waals surface area contributed by atoms with Crippen molar-refractivity contribution in [3.63, 3.8) is 0 Å². The van der Waals surface area contributed by atoms with Crippen molar-refractivity contribution in [2.75, 3.05) is 0 Å². The van der Waals surface area contributed by atoms with Crippen LogP contribution in [0.15, 0.2) is 188 Å². The third kappa shape index (κ3) is 8.34. The Hall–Kier alpha value is -7.28. The van der Waals surface area contributed by atoms with E-state index in [-0.39, 0.29) is 10.8 Å². The van der Waals surface area contributed by atoms with E-state index in [1.165, 1.54) is 138 Å². The third-order valence-corrected chi connectivity index (χ3v) is 16.6. The summed E-state index contributed by atoms with van der Waals surface area (Å²) in [6.45, 7) is 20.9. The molecule has 0 saturated carbocycles. The van der Waals surface area contributed by atoms with E-state index in [0.29, 0.717) is 0 Å². The highest BCUT2D eigenvalue weighted by Gasteiger charge is 2.40. The van der Waals surface area contributed by atoms with Gasteiger partial charge in [0.2, 0.25) is 0 Å². The standard InChI is InChI=1S/C73H70/c1-10-21-55-43-52(51-32-37-59(48(6)42-51)61-39-34-53(44-56(61)22-11-2)54-35-40-63-62-25-18-19-30-68(62)73(12-3,13-4)69(63)46-54)33-38-60(55)58-36-31-50(41-47(58)5)49-23-20-24-57(45-49)70-64-26-14-16-28-66(64)71(72(7,8)9)67-29-17-15-27-65(67)70/h14-20,23-46H,10-13,21-22H2,1-9H3. The Morgan fingerprint density at radius 2 is 0.753 bits per heavy atom. The molecule has 0 radical (unpaired) electrons. The van der Waals surface area contributed by atoms with E-state index in [9.17, 15) is 0 Å². The van der Waals surface area contributed by atoms with Gasteiger partial charge in [-0.3, -0.25) is 0 Å². The van der Waals surface area contributed by atoms with Crippen molar-refractivity contribution in [2.45, 2.75) is 112 Å². The highest BCUT2D eigenvalue weighted by Crippen LogP contribution is 2.54. The molecule has 0 aliphatic heterocycles. The van der Waals surface area contributed by atoms with Crippen molar-refractivity contribution >= 4 is 21.5 Å². The van der Waals surface area contributed by atoms with Crippen LogP contribution in [0.25, 0.3) is 99.4 Å². The first-order valence-corrected chi connectivity index (χ1v) is 27.2. The first kappa shape index (κ1) is 48.0. The molecule has 0 heterocycles. The molecule has 0 N–H and O–H groups in total. The third-order valence-electron chi connectivity index (χ3n) is 16.6. The van der Waals surface area contributed by atoms with Gasteiger partial charge in [0.25, 0.3) is 0 Å². The molecule has 0 saturated heterocycles. The SMILES string of the molecule is CCCc1cc(-c2ccc(-c3ccc(-c4ccc5c(c4)C(CC)(CC)c4ccccc4-5)cc3CCC)c(C)c2)ccc1-c1ccc(-c2cccc(-c3c4ccccc4c(C(C)(C)C)c4ccccc34)c2)cc1C. The summed E-state index contributed by atoms with van der Waals surface area (Å²) in [4.78, 5) is 0. The van der Waals surface area contributed by atoms with Crippen LogP contribution >= 0.6 is 0 Å². The van der Waals surface area contributed by atoms with E-state index < -0.39 is 0 Å². The van der Waals surface area contributed by atoms with Gasteiger partial charge in [-0.2, -0.15) is 0 Å². The average molecular weight is 947 g/mol. The zero-order valence-electron chi connectivity index (χ0n) is 44.6. The second-order valence-electron chi connectivity index (χ2n) is 22.1. The van der Waals surface area contributed by atoms with Gasteiger partial charge in [-0.15, -0.1) is 0 Å². The molecule has 1 aliphatic rings. The van der Waals surface area contributed by atoms with Crippen LogP contribution in [0.5, 0.6) is 0 Å². The Labute approximate surface area is 435 Å². The first-order chi connectivity index (χ1) is 35.5. The summed E-state index contributed by atoms with van der Waals surface area (Å²) < 4.78 is 0. The molecule has 0 atom stereocenters. The quantitative estimate of drug-likeness (QED) is 0.107. The van der Waals surface area contributed by atoms with E-state index in [0.717, 1.165) is 38.5 Å². The molecule has 0 nitrogen and oxygen atoms in total. The van der Waals surface area contributed by atoms with E-state index in [2.05, 4.69) is 250 Å². The molecule has 362 valence electrons. The summed E-state index contributed by atoms with van der Waals surface area (Å²) in [6.07, 6.45) is 6.47. The fourth-order valence-corrected chi connectivity index (χ4v) is 13.1. The van der Waals surface area contributed by atoms with Crippen molar-refractivity contribution in [1.82, 2.24) is 0 Å². The van der Waals surface area contributed by atoms with Crippen LogP contribution in [0.1, 0.15) is 113 Å². The zero-order valence-corrected chi connectivity index (χ0v) is 44.6. The lowest BCUT2D eigenvalue weighted by molar-refractivity contribution is 0.490. The Kier molecular flexibility index (Phi) is 12.7. The van der Waals surface area contributed by atoms with E-state index in [1.54, 1.807) is 0 Å². The molecule has 10 aromatic rings. The maximum atomic E-state index is 2.51. The maximum absolute atomic E-state index is 2.51. The summed E-state index contributed by atoms with van der Waals surface area (Å²) in [5, 5.41) is 5.30. The highest BCUT2D eigenvalue weighted by molar-refractivity contribution is 6.15. The molecule has 10 aromatic carbocycles. The predicted octanol–water partition coefficient (Wildman–Crippen LogP) is 20.9. The molecule has 0 aromatic heterocycles. The van der Waals surface area contributed by atoms with Gasteiger partial charge in [0.15, 0.2) is 0 Å². The van der Waals surface area contributed by atoms with Gasteiger partial charge < -0.3 is 0 Å². The highest BCUT2D eigenvalue weighted by atomic mass is 14.4. The monoisotopic (exact) mass is 947 g/mol. The van der Waals surface area contributed by atoms with Gasteiger partial charge in [0.05, 0.1) is 0 Å². The Balaban J connectivity index is 0.888. The lowest BCUT2D eigenvalue weighted by Gasteiger charge is -2.30. The van der Waals surface area contributed by atoms with Crippen molar-refractivity contribution in [3.8, 4) is 77.9 Å². The summed E-state index contributed by atoms with van der Waals surface area (Å²) >= 11 is 0. The van der Waals surface area contributed by atoms with Gasteiger partial charge in [0, 0.05) is 5.41 Å². The largest absolute Gasteiger partial charge is 0.0651 e. The van der Waals surface area contributed by atoms with Crippen LogP contribution < -0.4 is 0 Å². The lowest BCUT2D eigenvalue weighted by Crippen LogP contribution is -2.23. The van der Waals surface area contributed by atoms with Crippen LogP contribution in [0.3, 0.4) is 0 Å². The molecule has 11 rings (SSSR count). The van der Waals surface area contributed by atoms with E-state index in [1.807, 2.05) is 0 Å². The molecule has 1 aliphatic carbocycles. The van der Waals surface area contributed by atoms with Crippen molar-refractivity contribution in [3.05, 3.63) is 227 Å². The molecule has 0 spiro atoms. The fraction of sp³-hybridized carbons (Fsp3) is 0.233. The summed E-state index contributed by atoms with van der Waals surface area (Å²) in [7, 11) is 0. The minimum atomic E-state index is 0.00488. The van der Waals surface area contributed by atoms with Crippen LogP contribution in [0, 0.1) is 13.8 Å². The van der Waals surface area contributed by atoms with Gasteiger partial charge in [-0.1, -0.05) is 237 Å². The minimum Gasteiger partial charge on any atom is -0.0651 e. The Bertz CT molecular complexity index is 3670. The lowest BCUT2D eigenvalue weighted by atomic mass is 9.73. The topological polar surface area (TPSA) is 0 Å². The number of hydrogen-bond donors (Lipinski definition) is 0. The van der Waals surface area contributed by atoms with Crippen molar-refractivity contribution < 1.29 is 0 Å². The molecule has 0 bridgehead atoms. The van der Waals surface area contributed by atoms with E-state index >= 15 is 0 Å². The second-order valence-corrected chi connectivity index (χ2v) is 22.1. The van der Waals surface area contributed by atoms with Gasteiger partial charge >= 0.3 is 0 Å². The number of hydrogen-bond acceptors (Lipinski definition) is 0.